The highest BCUT2D eigenvalue weighted by Crippen LogP contribution is 2.35. The molecule has 0 spiro atoms. The third kappa shape index (κ3) is 4.04. The van der Waals surface area contributed by atoms with Crippen LogP contribution in [0.15, 0.2) is 42.5 Å². The maximum absolute atomic E-state index is 12.9. The fraction of sp³-hybridized carbons (Fsp3) is 0.150. The van der Waals surface area contributed by atoms with E-state index in [1.54, 1.807) is 36.4 Å². The summed E-state index contributed by atoms with van der Waals surface area (Å²) in [4.78, 5) is 0. The quantitative estimate of drug-likeness (QED) is 0.633. The van der Waals surface area contributed by atoms with Gasteiger partial charge in [-0.3, -0.25) is 0 Å². The molecule has 1 N–H and O–H groups in total. The lowest BCUT2D eigenvalue weighted by Gasteiger charge is -2.12. The molecule has 8 heteroatoms. The number of alkyl halides is 3. The van der Waals surface area contributed by atoms with Crippen molar-refractivity contribution in [2.45, 2.75) is 13.1 Å². The molecule has 3 rings (SSSR count). The van der Waals surface area contributed by atoms with Gasteiger partial charge in [0.25, 0.3) is 0 Å². The summed E-state index contributed by atoms with van der Waals surface area (Å²) >= 11 is 0. The van der Waals surface area contributed by atoms with Gasteiger partial charge in [0, 0.05) is 11.1 Å². The third-order valence-electron chi connectivity index (χ3n) is 3.91. The molecule has 142 valence electrons. The predicted molar refractivity (Wildman–Crippen MR) is 98.1 cm³/mol. The number of nitriles is 1. The minimum atomic E-state index is -4.40. The number of halogens is 3. The second kappa shape index (κ2) is 7.96. The number of aromatic amines is 1. The number of nitrogens with zero attached hydrogens (tertiary/aromatic N) is 3. The third-order valence-corrected chi connectivity index (χ3v) is 3.91. The summed E-state index contributed by atoms with van der Waals surface area (Å²) in [6.07, 6.45) is -1.16. The maximum atomic E-state index is 12.9. The van der Waals surface area contributed by atoms with Gasteiger partial charge in [0.05, 0.1) is 12.2 Å². The van der Waals surface area contributed by atoms with Crippen LogP contribution in [0, 0.1) is 11.3 Å². The van der Waals surface area contributed by atoms with Gasteiger partial charge < -0.3 is 4.74 Å². The van der Waals surface area contributed by atoms with Crippen LogP contribution < -0.4 is 4.74 Å². The Morgan fingerprint density at radius 1 is 1.14 bits per heavy atom. The molecule has 0 atom stereocenters. The standard InChI is InChI=1S/C20H15F3N4O/c1-2-28-19-14(6-4-8-16(19)18-17(12-24)25-27-26-18)10-9-13-5-3-7-15(11-13)20(21,22)23/h3-11H,2H2,1H3,(H,25,26,27). The van der Waals surface area contributed by atoms with Crippen molar-refractivity contribution in [3.63, 3.8) is 0 Å². The number of aromatic nitrogens is 3. The van der Waals surface area contributed by atoms with Crippen molar-refractivity contribution in [1.29, 1.82) is 5.26 Å². The van der Waals surface area contributed by atoms with E-state index in [2.05, 4.69) is 15.4 Å². The predicted octanol–water partition coefficient (Wildman–Crippen LogP) is 4.93. The molecule has 3 aromatic rings. The molecule has 0 aliphatic heterocycles. The Morgan fingerprint density at radius 2 is 1.93 bits per heavy atom. The SMILES string of the molecule is CCOc1c(C=Cc2cccc(C(F)(F)F)c2)cccc1-c1n[nH]nc1C#N. The van der Waals surface area contributed by atoms with E-state index in [9.17, 15) is 18.4 Å². The number of rotatable bonds is 5. The molecule has 28 heavy (non-hydrogen) atoms. The first kappa shape index (κ1) is 19.2. The number of ether oxygens (including phenoxy) is 1. The van der Waals surface area contributed by atoms with Gasteiger partial charge in [-0.1, -0.05) is 36.4 Å². The van der Waals surface area contributed by atoms with E-state index in [4.69, 9.17) is 4.74 Å². The van der Waals surface area contributed by atoms with Gasteiger partial charge in [-0.05, 0) is 30.7 Å². The zero-order chi connectivity index (χ0) is 20.1. The van der Waals surface area contributed by atoms with Crippen LogP contribution >= 0.6 is 0 Å². The van der Waals surface area contributed by atoms with Crippen LogP contribution in [0.3, 0.4) is 0 Å². The van der Waals surface area contributed by atoms with Gasteiger partial charge in [0.15, 0.2) is 5.69 Å². The number of hydrogen-bond donors (Lipinski definition) is 1. The van der Waals surface area contributed by atoms with Crippen molar-refractivity contribution < 1.29 is 17.9 Å². The lowest BCUT2D eigenvalue weighted by Crippen LogP contribution is -2.04. The van der Waals surface area contributed by atoms with Crippen molar-refractivity contribution in [3.8, 4) is 23.1 Å². The van der Waals surface area contributed by atoms with E-state index >= 15 is 0 Å². The molecule has 0 radical (unpaired) electrons. The Bertz CT molecular complexity index is 1050. The van der Waals surface area contributed by atoms with Crippen molar-refractivity contribution in [3.05, 3.63) is 64.8 Å². The molecular formula is C20H15F3N4O. The van der Waals surface area contributed by atoms with Gasteiger partial charge in [-0.25, -0.2) is 0 Å². The first-order valence-electron chi connectivity index (χ1n) is 8.36. The largest absolute Gasteiger partial charge is 0.493 e. The Kier molecular flexibility index (Phi) is 5.45. The first-order chi connectivity index (χ1) is 13.4. The molecule has 0 aliphatic rings. The number of H-pyrrole nitrogens is 1. The van der Waals surface area contributed by atoms with Crippen LogP contribution in [0.2, 0.25) is 0 Å². The van der Waals surface area contributed by atoms with Crippen LogP contribution in [-0.2, 0) is 6.18 Å². The minimum Gasteiger partial charge on any atom is -0.493 e. The molecule has 1 heterocycles. The highest BCUT2D eigenvalue weighted by molar-refractivity contribution is 5.80. The Balaban J connectivity index is 2.02. The number of nitrogens with one attached hydrogen (secondary N) is 1. The minimum absolute atomic E-state index is 0.125. The Hall–Kier alpha value is -3.60. The fourth-order valence-corrected chi connectivity index (χ4v) is 2.68. The highest BCUT2D eigenvalue weighted by Gasteiger charge is 2.30. The molecule has 0 amide bonds. The molecule has 0 fully saturated rings. The molecular weight excluding hydrogens is 369 g/mol. The summed E-state index contributed by atoms with van der Waals surface area (Å²) in [6.45, 7) is 2.17. The van der Waals surface area contributed by atoms with Gasteiger partial charge in [-0.15, -0.1) is 5.10 Å². The molecule has 2 aromatic carbocycles. The van der Waals surface area contributed by atoms with Crippen molar-refractivity contribution in [1.82, 2.24) is 15.4 Å². The van der Waals surface area contributed by atoms with Gasteiger partial charge in [-0.2, -0.15) is 28.7 Å². The molecule has 0 aliphatic carbocycles. The normalized spacial score (nSPS) is 11.5. The maximum Gasteiger partial charge on any atom is 0.416 e. The van der Waals surface area contributed by atoms with E-state index in [1.165, 1.54) is 6.07 Å². The lowest BCUT2D eigenvalue weighted by molar-refractivity contribution is -0.137. The summed E-state index contributed by atoms with van der Waals surface area (Å²) in [6, 6.07) is 12.3. The topological polar surface area (TPSA) is 74.6 Å². The van der Waals surface area contributed by atoms with Gasteiger partial charge in [0.1, 0.15) is 17.5 Å². The van der Waals surface area contributed by atoms with Crippen molar-refractivity contribution >= 4 is 12.2 Å². The Labute approximate surface area is 159 Å². The van der Waals surface area contributed by atoms with Gasteiger partial charge >= 0.3 is 6.18 Å². The number of benzene rings is 2. The monoisotopic (exact) mass is 384 g/mol. The summed E-state index contributed by atoms with van der Waals surface area (Å²) in [7, 11) is 0. The molecule has 5 nitrogen and oxygen atoms in total. The zero-order valence-electron chi connectivity index (χ0n) is 14.8. The second-order valence-electron chi connectivity index (χ2n) is 5.75. The molecule has 0 bridgehead atoms. The summed E-state index contributed by atoms with van der Waals surface area (Å²) in [5.41, 5.74) is 1.37. The average Bonchev–Trinajstić information content (AvgIpc) is 3.15. The molecule has 0 saturated heterocycles. The zero-order valence-corrected chi connectivity index (χ0v) is 14.8. The average molecular weight is 384 g/mol. The molecule has 0 saturated carbocycles. The highest BCUT2D eigenvalue weighted by atomic mass is 19.4. The van der Waals surface area contributed by atoms with Crippen LogP contribution in [0.1, 0.15) is 29.3 Å². The van der Waals surface area contributed by atoms with E-state index in [0.717, 1.165) is 12.1 Å². The number of para-hydroxylation sites is 1. The van der Waals surface area contributed by atoms with Crippen LogP contribution in [0.25, 0.3) is 23.4 Å². The van der Waals surface area contributed by atoms with Crippen molar-refractivity contribution in [2.75, 3.05) is 6.61 Å². The van der Waals surface area contributed by atoms with E-state index < -0.39 is 11.7 Å². The van der Waals surface area contributed by atoms with Crippen LogP contribution in [0.5, 0.6) is 5.75 Å². The smallest absolute Gasteiger partial charge is 0.416 e. The summed E-state index contributed by atoms with van der Waals surface area (Å²) in [5, 5.41) is 19.4. The Morgan fingerprint density at radius 3 is 2.64 bits per heavy atom. The van der Waals surface area contributed by atoms with E-state index in [-0.39, 0.29) is 5.69 Å². The van der Waals surface area contributed by atoms with Crippen LogP contribution in [-0.4, -0.2) is 22.0 Å². The summed E-state index contributed by atoms with van der Waals surface area (Å²) in [5.74, 6) is 0.471. The van der Waals surface area contributed by atoms with E-state index in [0.29, 0.717) is 34.7 Å². The fourth-order valence-electron chi connectivity index (χ4n) is 2.68. The lowest BCUT2D eigenvalue weighted by atomic mass is 10.0. The second-order valence-corrected chi connectivity index (χ2v) is 5.75. The van der Waals surface area contributed by atoms with Gasteiger partial charge in [0.2, 0.25) is 0 Å². The summed E-state index contributed by atoms with van der Waals surface area (Å²) < 4.78 is 44.4. The molecule has 1 aromatic heterocycles. The van der Waals surface area contributed by atoms with Crippen LogP contribution in [0.4, 0.5) is 13.2 Å². The first-order valence-corrected chi connectivity index (χ1v) is 8.36. The van der Waals surface area contributed by atoms with Crippen molar-refractivity contribution in [2.24, 2.45) is 0 Å². The molecule has 0 unspecified atom stereocenters. The van der Waals surface area contributed by atoms with E-state index in [1.807, 2.05) is 13.0 Å². The number of hydrogen-bond acceptors (Lipinski definition) is 4.